The summed E-state index contributed by atoms with van der Waals surface area (Å²) < 4.78 is 10.7. The first-order chi connectivity index (χ1) is 15.1. The lowest BCUT2D eigenvalue weighted by Crippen LogP contribution is -2.34. The van der Waals surface area contributed by atoms with Crippen LogP contribution in [-0.2, 0) is 14.3 Å². The van der Waals surface area contributed by atoms with Crippen molar-refractivity contribution in [2.24, 2.45) is 5.92 Å². The molecule has 1 aromatic heterocycles. The molecule has 0 aliphatic carbocycles. The molecule has 0 atom stereocenters. The van der Waals surface area contributed by atoms with Gasteiger partial charge in [-0.25, -0.2) is 0 Å². The number of imide groups is 1. The number of carbonyl (C=O) groups is 3. The van der Waals surface area contributed by atoms with Crippen LogP contribution in [0, 0.1) is 29.9 Å². The number of amides is 2. The van der Waals surface area contributed by atoms with Gasteiger partial charge >= 0.3 is 5.97 Å². The summed E-state index contributed by atoms with van der Waals surface area (Å²) >= 11 is 0.683. The Balaban J connectivity index is 1.81. The fourth-order valence-electron chi connectivity index (χ4n) is 2.92. The van der Waals surface area contributed by atoms with Crippen molar-refractivity contribution in [2.75, 3.05) is 13.2 Å². The molecule has 0 bridgehead atoms. The average Bonchev–Trinajstić information content (AvgIpc) is 3.28. The van der Waals surface area contributed by atoms with Crippen LogP contribution in [0.4, 0.5) is 10.5 Å². The van der Waals surface area contributed by atoms with E-state index in [0.29, 0.717) is 17.3 Å². The topological polar surface area (TPSA) is 120 Å². The van der Waals surface area contributed by atoms with Gasteiger partial charge < -0.3 is 9.15 Å². The summed E-state index contributed by atoms with van der Waals surface area (Å²) in [5, 5.41) is 10.9. The second kappa shape index (κ2) is 9.39. The van der Waals surface area contributed by atoms with Crippen LogP contribution in [0.3, 0.4) is 0 Å². The van der Waals surface area contributed by atoms with Gasteiger partial charge in [0.25, 0.3) is 16.8 Å². The molecule has 0 unspecified atom stereocenters. The van der Waals surface area contributed by atoms with Gasteiger partial charge in [0.05, 0.1) is 22.0 Å². The average molecular weight is 458 g/mol. The Labute approximate surface area is 188 Å². The molecule has 10 heteroatoms. The van der Waals surface area contributed by atoms with E-state index in [-0.39, 0.29) is 34.6 Å². The zero-order valence-electron chi connectivity index (χ0n) is 18.0. The van der Waals surface area contributed by atoms with Crippen molar-refractivity contribution in [3.8, 4) is 11.3 Å². The highest BCUT2D eigenvalue weighted by atomic mass is 32.2. The first-order valence-electron chi connectivity index (χ1n) is 9.83. The van der Waals surface area contributed by atoms with Crippen molar-refractivity contribution >= 4 is 40.6 Å². The van der Waals surface area contributed by atoms with Gasteiger partial charge in [0, 0.05) is 12.1 Å². The van der Waals surface area contributed by atoms with Gasteiger partial charge in [-0.2, -0.15) is 0 Å². The lowest BCUT2D eigenvalue weighted by molar-refractivity contribution is -0.384. The summed E-state index contributed by atoms with van der Waals surface area (Å²) in [5.41, 5.74) is 1.88. The summed E-state index contributed by atoms with van der Waals surface area (Å²) in [6, 6.07) is 6.28. The van der Waals surface area contributed by atoms with E-state index in [9.17, 15) is 24.5 Å². The number of carbonyl (C=O) groups excluding carboxylic acids is 3. The molecule has 9 nitrogen and oxygen atoms in total. The van der Waals surface area contributed by atoms with Crippen LogP contribution in [-0.4, -0.2) is 40.1 Å². The molecule has 168 valence electrons. The number of hydrogen-bond donors (Lipinski definition) is 0. The highest BCUT2D eigenvalue weighted by molar-refractivity contribution is 8.18. The number of ether oxygens (including phenoxy) is 1. The van der Waals surface area contributed by atoms with Crippen LogP contribution in [0.5, 0.6) is 0 Å². The summed E-state index contributed by atoms with van der Waals surface area (Å²) in [6.45, 7) is 7.11. The predicted molar refractivity (Wildman–Crippen MR) is 119 cm³/mol. The Kier molecular flexibility index (Phi) is 6.83. The van der Waals surface area contributed by atoms with E-state index in [4.69, 9.17) is 9.15 Å². The van der Waals surface area contributed by atoms with Crippen LogP contribution in [0.25, 0.3) is 17.4 Å². The number of esters is 1. The van der Waals surface area contributed by atoms with Crippen LogP contribution in [0.2, 0.25) is 0 Å². The number of hydrogen-bond acceptors (Lipinski definition) is 8. The highest BCUT2D eigenvalue weighted by Gasteiger charge is 2.37. The maximum Gasteiger partial charge on any atom is 0.326 e. The second-order valence-electron chi connectivity index (χ2n) is 7.76. The molecule has 1 aromatic carbocycles. The molecule has 2 aromatic rings. The number of rotatable bonds is 7. The normalized spacial score (nSPS) is 15.2. The molecule has 32 heavy (non-hydrogen) atoms. The lowest BCUT2D eigenvalue weighted by Gasteiger charge is -2.12. The van der Waals surface area contributed by atoms with Gasteiger partial charge in [-0.3, -0.25) is 29.4 Å². The Morgan fingerprint density at radius 2 is 1.94 bits per heavy atom. The summed E-state index contributed by atoms with van der Waals surface area (Å²) in [7, 11) is 0. The standard InChI is InChI=1S/C22H22N2O7S/c1-12(2)11-30-20(25)10-23-21(26)19(32-22(23)27)9-15-5-6-18(31-15)16-7-13(3)14(4)8-17(16)24(28)29/h5-9,12H,10-11H2,1-4H3/b19-9-. The van der Waals surface area contributed by atoms with E-state index < -0.39 is 28.6 Å². The van der Waals surface area contributed by atoms with Crippen LogP contribution < -0.4 is 0 Å². The van der Waals surface area contributed by atoms with Gasteiger partial charge in [0.15, 0.2) is 0 Å². The summed E-state index contributed by atoms with van der Waals surface area (Å²) in [6.07, 6.45) is 1.38. The fraction of sp³-hybridized carbons (Fsp3) is 0.318. The van der Waals surface area contributed by atoms with Crippen molar-refractivity contribution < 1.29 is 28.5 Å². The van der Waals surface area contributed by atoms with Gasteiger partial charge in [-0.1, -0.05) is 13.8 Å². The van der Waals surface area contributed by atoms with Crippen molar-refractivity contribution in [1.29, 1.82) is 0 Å². The minimum atomic E-state index is -0.662. The maximum atomic E-state index is 12.6. The van der Waals surface area contributed by atoms with Crippen LogP contribution in [0.1, 0.15) is 30.7 Å². The van der Waals surface area contributed by atoms with Gasteiger partial charge in [-0.05, 0) is 60.9 Å². The van der Waals surface area contributed by atoms with E-state index in [2.05, 4.69) is 0 Å². The summed E-state index contributed by atoms with van der Waals surface area (Å²) in [5.74, 6) is -0.640. The molecule has 1 aliphatic rings. The molecule has 0 saturated carbocycles. The van der Waals surface area contributed by atoms with E-state index in [1.807, 2.05) is 20.8 Å². The molecule has 0 radical (unpaired) electrons. The number of nitro groups is 1. The maximum absolute atomic E-state index is 12.6. The third-order valence-electron chi connectivity index (χ3n) is 4.71. The van der Waals surface area contributed by atoms with E-state index in [1.54, 1.807) is 25.1 Å². The molecular formula is C22H22N2O7S. The van der Waals surface area contributed by atoms with E-state index >= 15 is 0 Å². The number of thioether (sulfide) groups is 1. The smallest absolute Gasteiger partial charge is 0.326 e. The Hall–Kier alpha value is -3.40. The molecule has 0 spiro atoms. The Morgan fingerprint density at radius 3 is 2.59 bits per heavy atom. The van der Waals surface area contributed by atoms with Gasteiger partial charge in [-0.15, -0.1) is 0 Å². The summed E-state index contributed by atoms with van der Waals surface area (Å²) in [4.78, 5) is 48.5. The molecule has 2 heterocycles. The lowest BCUT2D eigenvalue weighted by atomic mass is 10.0. The quantitative estimate of drug-likeness (QED) is 0.253. The highest BCUT2D eigenvalue weighted by Crippen LogP contribution is 2.36. The van der Waals surface area contributed by atoms with Crippen molar-refractivity contribution in [3.05, 3.63) is 56.2 Å². The molecule has 0 N–H and O–H groups in total. The minimum Gasteiger partial charge on any atom is -0.464 e. The minimum absolute atomic E-state index is 0.0853. The van der Waals surface area contributed by atoms with Crippen molar-refractivity contribution in [3.63, 3.8) is 0 Å². The third-order valence-corrected chi connectivity index (χ3v) is 5.62. The number of benzene rings is 1. The predicted octanol–water partition coefficient (Wildman–Crippen LogP) is 4.71. The number of furan rings is 1. The largest absolute Gasteiger partial charge is 0.464 e. The molecule has 1 fully saturated rings. The Morgan fingerprint density at radius 1 is 1.25 bits per heavy atom. The molecule has 1 aliphatic heterocycles. The number of nitrogens with zero attached hydrogens (tertiary/aromatic N) is 2. The SMILES string of the molecule is Cc1cc(-c2ccc(/C=C3\SC(=O)N(CC(=O)OCC(C)C)C3=O)o2)c([N+](=O)[O-])cc1C. The molecular weight excluding hydrogens is 436 g/mol. The van der Waals surface area contributed by atoms with Crippen molar-refractivity contribution in [1.82, 2.24) is 4.90 Å². The first kappa shape index (κ1) is 23.3. The first-order valence-corrected chi connectivity index (χ1v) is 10.6. The fourth-order valence-corrected chi connectivity index (χ4v) is 3.74. The molecule has 2 amide bonds. The van der Waals surface area contributed by atoms with Crippen molar-refractivity contribution in [2.45, 2.75) is 27.7 Å². The van der Waals surface area contributed by atoms with Crippen LogP contribution in [0.15, 0.2) is 33.6 Å². The zero-order chi connectivity index (χ0) is 23.6. The van der Waals surface area contributed by atoms with Gasteiger partial charge in [0.1, 0.15) is 18.1 Å². The monoisotopic (exact) mass is 458 g/mol. The van der Waals surface area contributed by atoms with Gasteiger partial charge in [0.2, 0.25) is 0 Å². The van der Waals surface area contributed by atoms with Crippen LogP contribution >= 0.6 is 11.8 Å². The number of nitro benzene ring substituents is 1. The zero-order valence-corrected chi connectivity index (χ0v) is 18.9. The van der Waals surface area contributed by atoms with E-state index in [0.717, 1.165) is 16.0 Å². The second-order valence-corrected chi connectivity index (χ2v) is 8.75. The number of aryl methyl sites for hydroxylation is 2. The third kappa shape index (κ3) is 5.08. The molecule has 1 saturated heterocycles. The van der Waals surface area contributed by atoms with E-state index in [1.165, 1.54) is 12.1 Å². The molecule has 3 rings (SSSR count). The Bertz CT molecular complexity index is 1130.